The highest BCUT2D eigenvalue weighted by Gasteiger charge is 2.49. The van der Waals surface area contributed by atoms with Gasteiger partial charge in [0.15, 0.2) is 0 Å². The van der Waals surface area contributed by atoms with E-state index in [0.29, 0.717) is 0 Å². The molecule has 11 heavy (non-hydrogen) atoms. The van der Waals surface area contributed by atoms with Crippen LogP contribution in [0.5, 0.6) is 0 Å². The monoisotopic (exact) mass is 146 g/mol. The minimum atomic E-state index is -0.178. The Morgan fingerprint density at radius 1 is 1.73 bits per heavy atom. The molecule has 55 valence electrons. The Morgan fingerprint density at radius 3 is 3.00 bits per heavy atom. The molecule has 1 radical (unpaired) electrons. The van der Waals surface area contributed by atoms with Crippen LogP contribution in [0, 0.1) is 22.8 Å². The van der Waals surface area contributed by atoms with Gasteiger partial charge in [0.1, 0.15) is 0 Å². The molecule has 0 spiro atoms. The van der Waals surface area contributed by atoms with Gasteiger partial charge in [-0.05, 0) is 12.8 Å². The second-order valence-electron chi connectivity index (χ2n) is 2.94. The van der Waals surface area contributed by atoms with Gasteiger partial charge in [0.25, 0.3) is 0 Å². The molecule has 1 aliphatic heterocycles. The highest BCUT2D eigenvalue weighted by atomic mass is 15.0. The number of nitrogens with one attached hydrogen (secondary N) is 1. The van der Waals surface area contributed by atoms with Crippen molar-refractivity contribution < 1.29 is 0 Å². The van der Waals surface area contributed by atoms with Crippen molar-refractivity contribution in [2.45, 2.75) is 18.9 Å². The molecule has 1 aliphatic carbocycles. The van der Waals surface area contributed by atoms with Crippen LogP contribution in [0.25, 0.3) is 0 Å². The number of nitrogens with zero attached hydrogens (tertiary/aromatic N) is 2. The molecule has 1 fully saturated rings. The fraction of sp³-hybridized carbons (Fsp3) is 0.500. The highest BCUT2D eigenvalue weighted by Crippen LogP contribution is 2.48. The van der Waals surface area contributed by atoms with Gasteiger partial charge < -0.3 is 5.32 Å². The van der Waals surface area contributed by atoms with E-state index < -0.39 is 0 Å². The van der Waals surface area contributed by atoms with E-state index in [1.165, 1.54) is 0 Å². The van der Waals surface area contributed by atoms with Crippen molar-refractivity contribution in [3.8, 4) is 6.07 Å². The molecule has 1 N–H and O–H groups in total. The van der Waals surface area contributed by atoms with Gasteiger partial charge in [-0.3, -0.25) is 0 Å². The van der Waals surface area contributed by atoms with E-state index in [2.05, 4.69) is 22.5 Å². The van der Waals surface area contributed by atoms with Gasteiger partial charge in [-0.25, -0.2) is 4.99 Å². The van der Waals surface area contributed by atoms with Crippen LogP contribution in [-0.2, 0) is 0 Å². The standard InChI is InChI=1S/C8H8N3/c9-5-8(2-3-8)7-1-4-10-6-11-7/h4,6-7H,2-3H2,(H,10,11). The fourth-order valence-electron chi connectivity index (χ4n) is 1.24. The second kappa shape index (κ2) is 2.09. The number of hydrogen-bond donors (Lipinski definition) is 1. The van der Waals surface area contributed by atoms with Crippen LogP contribution >= 0.6 is 0 Å². The molecule has 3 nitrogen and oxygen atoms in total. The lowest BCUT2D eigenvalue weighted by Gasteiger charge is -2.18. The third-order valence-corrected chi connectivity index (χ3v) is 2.20. The lowest BCUT2D eigenvalue weighted by molar-refractivity contribution is 0.522. The molecule has 2 rings (SSSR count). The van der Waals surface area contributed by atoms with Gasteiger partial charge >= 0.3 is 0 Å². The van der Waals surface area contributed by atoms with Crippen LogP contribution in [0.4, 0.5) is 0 Å². The van der Waals surface area contributed by atoms with E-state index in [1.54, 1.807) is 12.5 Å². The lowest BCUT2D eigenvalue weighted by Crippen LogP contribution is -2.36. The molecule has 0 aromatic rings. The van der Waals surface area contributed by atoms with Crippen LogP contribution in [0.1, 0.15) is 12.8 Å². The fourth-order valence-corrected chi connectivity index (χ4v) is 1.24. The number of aliphatic imine (C=N–C) groups is 1. The Balaban J connectivity index is 2.13. The summed E-state index contributed by atoms with van der Waals surface area (Å²) < 4.78 is 0. The van der Waals surface area contributed by atoms with Crippen molar-refractivity contribution in [1.29, 1.82) is 5.26 Å². The first-order valence-corrected chi connectivity index (χ1v) is 3.64. The van der Waals surface area contributed by atoms with E-state index in [0.717, 1.165) is 12.8 Å². The van der Waals surface area contributed by atoms with E-state index >= 15 is 0 Å². The molecule has 2 aliphatic rings. The molecule has 0 aromatic heterocycles. The molecule has 0 saturated heterocycles. The van der Waals surface area contributed by atoms with Crippen LogP contribution in [0.2, 0.25) is 0 Å². The van der Waals surface area contributed by atoms with E-state index in [-0.39, 0.29) is 11.5 Å². The molecule has 1 saturated carbocycles. The summed E-state index contributed by atoms with van der Waals surface area (Å²) in [7, 11) is 0. The lowest BCUT2D eigenvalue weighted by atomic mass is 9.98. The highest BCUT2D eigenvalue weighted by molar-refractivity contribution is 5.58. The largest absolute Gasteiger partial charge is 0.368 e. The Labute approximate surface area is 65.4 Å². The molecule has 1 unspecified atom stereocenters. The Bertz CT molecular complexity index is 255. The third-order valence-electron chi connectivity index (χ3n) is 2.20. The van der Waals surface area contributed by atoms with Crippen molar-refractivity contribution >= 4 is 6.34 Å². The molecule has 0 aromatic carbocycles. The summed E-state index contributed by atoms with van der Waals surface area (Å²) in [6.07, 6.45) is 8.23. The number of rotatable bonds is 1. The summed E-state index contributed by atoms with van der Waals surface area (Å²) in [5, 5.41) is 11.8. The maximum absolute atomic E-state index is 8.82. The van der Waals surface area contributed by atoms with E-state index in [4.69, 9.17) is 5.26 Å². The summed E-state index contributed by atoms with van der Waals surface area (Å²) >= 11 is 0. The number of nitriles is 1. The molecule has 3 heteroatoms. The normalized spacial score (nSPS) is 30.6. The van der Waals surface area contributed by atoms with Crippen molar-refractivity contribution in [3.63, 3.8) is 0 Å². The van der Waals surface area contributed by atoms with Gasteiger partial charge in [-0.1, -0.05) is 0 Å². The summed E-state index contributed by atoms with van der Waals surface area (Å²) in [4.78, 5) is 3.82. The van der Waals surface area contributed by atoms with Crippen LogP contribution in [0.3, 0.4) is 0 Å². The molecular formula is C8H8N3. The molecule has 1 atom stereocenters. The van der Waals surface area contributed by atoms with Gasteiger partial charge in [0, 0.05) is 12.3 Å². The molecule has 0 amide bonds. The van der Waals surface area contributed by atoms with E-state index in [9.17, 15) is 0 Å². The Hall–Kier alpha value is -1.30. The first kappa shape index (κ1) is 6.41. The third kappa shape index (κ3) is 0.911. The smallest absolute Gasteiger partial charge is 0.0884 e. The van der Waals surface area contributed by atoms with Crippen LogP contribution in [0.15, 0.2) is 11.2 Å². The summed E-state index contributed by atoms with van der Waals surface area (Å²) in [5.41, 5.74) is -0.178. The van der Waals surface area contributed by atoms with Gasteiger partial charge in [-0.2, -0.15) is 5.26 Å². The van der Waals surface area contributed by atoms with Crippen molar-refractivity contribution in [3.05, 3.63) is 12.3 Å². The van der Waals surface area contributed by atoms with Gasteiger partial charge in [-0.15, -0.1) is 0 Å². The van der Waals surface area contributed by atoms with Crippen molar-refractivity contribution in [2.24, 2.45) is 10.4 Å². The predicted molar refractivity (Wildman–Crippen MR) is 40.5 cm³/mol. The zero-order valence-corrected chi connectivity index (χ0v) is 6.04. The number of hydrogen-bond acceptors (Lipinski definition) is 3. The second-order valence-corrected chi connectivity index (χ2v) is 2.94. The summed E-state index contributed by atoms with van der Waals surface area (Å²) in [5.74, 6) is 0. The SMILES string of the molecule is N#CC1(C2[C]=CN=CN2)CC1. The van der Waals surface area contributed by atoms with Gasteiger partial charge in [0.05, 0.1) is 23.9 Å². The minimum absolute atomic E-state index is 0.0602. The van der Waals surface area contributed by atoms with Crippen molar-refractivity contribution in [2.75, 3.05) is 0 Å². The first-order valence-electron chi connectivity index (χ1n) is 3.64. The maximum Gasteiger partial charge on any atom is 0.0884 e. The summed E-state index contributed by atoms with van der Waals surface area (Å²) in [6.45, 7) is 0. The van der Waals surface area contributed by atoms with Crippen LogP contribution < -0.4 is 5.32 Å². The summed E-state index contributed by atoms with van der Waals surface area (Å²) in [6, 6.07) is 2.38. The average Bonchev–Trinajstić information content (AvgIpc) is 2.86. The predicted octanol–water partition coefficient (Wildman–Crippen LogP) is 0.607. The average molecular weight is 146 g/mol. The molecule has 0 bridgehead atoms. The topological polar surface area (TPSA) is 48.2 Å². The Kier molecular flexibility index (Phi) is 1.22. The Morgan fingerprint density at radius 2 is 2.55 bits per heavy atom. The first-order chi connectivity index (χ1) is 5.37. The molecule has 1 heterocycles. The van der Waals surface area contributed by atoms with Crippen LogP contribution in [-0.4, -0.2) is 12.4 Å². The zero-order valence-electron chi connectivity index (χ0n) is 6.04. The van der Waals surface area contributed by atoms with Crippen molar-refractivity contribution in [1.82, 2.24) is 5.32 Å². The van der Waals surface area contributed by atoms with Gasteiger partial charge in [0.2, 0.25) is 0 Å². The van der Waals surface area contributed by atoms with E-state index in [1.807, 2.05) is 0 Å². The quantitative estimate of drug-likeness (QED) is 0.589. The molecular weight excluding hydrogens is 138 g/mol. The minimum Gasteiger partial charge on any atom is -0.368 e. The zero-order chi connectivity index (χ0) is 7.73. The maximum atomic E-state index is 8.82.